The molecule has 0 radical (unpaired) electrons. The molecule has 1 aliphatic rings. The summed E-state index contributed by atoms with van der Waals surface area (Å²) in [4.78, 5) is 8.38. The second-order valence-corrected chi connectivity index (χ2v) is 5.03. The average Bonchev–Trinajstić information content (AvgIpc) is 3.01. The van der Waals surface area contributed by atoms with Gasteiger partial charge in [0, 0.05) is 43.8 Å². The third-order valence-corrected chi connectivity index (χ3v) is 3.52. The Balaban J connectivity index is 1.53. The first-order valence-electron chi connectivity index (χ1n) is 6.81. The Morgan fingerprint density at radius 1 is 1.20 bits per heavy atom. The zero-order chi connectivity index (χ0) is 13.4. The summed E-state index contributed by atoms with van der Waals surface area (Å²) in [7, 11) is 0. The maximum atomic E-state index is 4.36. The SMILES string of the molecule is c1cn(CCNc2nccn3c(C4CC4)nnc23)cn1. The first kappa shape index (κ1) is 11.4. The number of nitrogens with zero attached hydrogens (tertiary/aromatic N) is 6. The third kappa shape index (κ3) is 2.01. The van der Waals surface area contributed by atoms with E-state index in [9.17, 15) is 0 Å². The molecule has 0 atom stereocenters. The summed E-state index contributed by atoms with van der Waals surface area (Å²) < 4.78 is 4.07. The van der Waals surface area contributed by atoms with Crippen molar-refractivity contribution in [2.24, 2.45) is 0 Å². The number of hydrogen-bond donors (Lipinski definition) is 1. The van der Waals surface area contributed by atoms with Crippen molar-refractivity contribution in [2.45, 2.75) is 25.3 Å². The molecule has 7 heteroatoms. The van der Waals surface area contributed by atoms with Gasteiger partial charge in [0.15, 0.2) is 5.82 Å². The van der Waals surface area contributed by atoms with Crippen LogP contribution in [0.15, 0.2) is 31.1 Å². The molecule has 0 unspecified atom stereocenters. The summed E-state index contributed by atoms with van der Waals surface area (Å²) in [6.07, 6.45) is 11.7. The highest BCUT2D eigenvalue weighted by molar-refractivity contribution is 5.62. The van der Waals surface area contributed by atoms with Gasteiger partial charge in [-0.05, 0) is 12.8 Å². The van der Waals surface area contributed by atoms with Gasteiger partial charge in [0.25, 0.3) is 0 Å². The van der Waals surface area contributed by atoms with E-state index < -0.39 is 0 Å². The lowest BCUT2D eigenvalue weighted by Crippen LogP contribution is -2.11. The Kier molecular flexibility index (Phi) is 2.61. The Hall–Kier alpha value is -2.44. The van der Waals surface area contributed by atoms with Gasteiger partial charge in [-0.3, -0.25) is 4.40 Å². The molecule has 0 bridgehead atoms. The lowest BCUT2D eigenvalue weighted by atomic mass is 10.4. The normalized spacial score (nSPS) is 14.8. The number of imidazole rings is 1. The van der Waals surface area contributed by atoms with Crippen LogP contribution in [0.5, 0.6) is 0 Å². The van der Waals surface area contributed by atoms with Gasteiger partial charge in [-0.15, -0.1) is 10.2 Å². The molecule has 0 aliphatic heterocycles. The van der Waals surface area contributed by atoms with E-state index in [4.69, 9.17) is 0 Å². The zero-order valence-electron chi connectivity index (χ0n) is 11.0. The molecule has 1 saturated carbocycles. The highest BCUT2D eigenvalue weighted by Crippen LogP contribution is 2.39. The van der Waals surface area contributed by atoms with E-state index in [0.717, 1.165) is 30.4 Å². The molecule has 20 heavy (non-hydrogen) atoms. The van der Waals surface area contributed by atoms with Crippen molar-refractivity contribution in [2.75, 3.05) is 11.9 Å². The second kappa shape index (κ2) is 4.59. The number of nitrogens with one attached hydrogen (secondary N) is 1. The van der Waals surface area contributed by atoms with Gasteiger partial charge in [0.05, 0.1) is 6.33 Å². The Morgan fingerprint density at radius 2 is 2.15 bits per heavy atom. The Bertz CT molecular complexity index is 711. The minimum absolute atomic E-state index is 0.575. The Labute approximate surface area is 115 Å². The van der Waals surface area contributed by atoms with Crippen LogP contribution < -0.4 is 5.32 Å². The van der Waals surface area contributed by atoms with E-state index in [1.807, 2.05) is 21.4 Å². The van der Waals surface area contributed by atoms with Crippen molar-refractivity contribution in [3.05, 3.63) is 36.9 Å². The van der Waals surface area contributed by atoms with Crippen LogP contribution in [0.4, 0.5) is 5.82 Å². The number of fused-ring (bicyclic) bond motifs is 1. The Morgan fingerprint density at radius 3 is 2.95 bits per heavy atom. The molecule has 0 amide bonds. The molecule has 1 aliphatic carbocycles. The van der Waals surface area contributed by atoms with Crippen LogP contribution in [0.3, 0.4) is 0 Å². The molecule has 1 fully saturated rings. The summed E-state index contributed by atoms with van der Waals surface area (Å²) in [5, 5.41) is 11.9. The molecule has 7 nitrogen and oxygen atoms in total. The summed E-state index contributed by atoms with van der Waals surface area (Å²) in [5.41, 5.74) is 0.806. The predicted octanol–water partition coefficient (Wildman–Crippen LogP) is 1.31. The van der Waals surface area contributed by atoms with E-state index in [1.54, 1.807) is 18.7 Å². The van der Waals surface area contributed by atoms with Crippen LogP contribution in [0.1, 0.15) is 24.6 Å². The fourth-order valence-corrected chi connectivity index (χ4v) is 2.31. The standard InChI is InChI=1S/C13H15N7/c1-2-10(1)12-17-18-13-11(16-5-8-20(12)13)15-4-7-19-6-3-14-9-19/h3,5-6,8-10H,1-2,4,7H2,(H,15,16). The minimum atomic E-state index is 0.575. The summed E-state index contributed by atoms with van der Waals surface area (Å²) in [6, 6.07) is 0. The van der Waals surface area contributed by atoms with Crippen LogP contribution in [0.2, 0.25) is 0 Å². The first-order chi connectivity index (χ1) is 9.92. The van der Waals surface area contributed by atoms with Crippen molar-refractivity contribution < 1.29 is 0 Å². The van der Waals surface area contributed by atoms with Crippen LogP contribution in [0.25, 0.3) is 5.65 Å². The van der Waals surface area contributed by atoms with Gasteiger partial charge in [-0.1, -0.05) is 0 Å². The number of anilines is 1. The van der Waals surface area contributed by atoms with Gasteiger partial charge >= 0.3 is 0 Å². The molecular weight excluding hydrogens is 254 g/mol. The summed E-state index contributed by atoms with van der Waals surface area (Å²) in [5.74, 6) is 2.42. The molecule has 0 aromatic carbocycles. The molecule has 1 N–H and O–H groups in total. The maximum absolute atomic E-state index is 4.36. The van der Waals surface area contributed by atoms with E-state index in [2.05, 4.69) is 25.5 Å². The topological polar surface area (TPSA) is 72.9 Å². The monoisotopic (exact) mass is 269 g/mol. The van der Waals surface area contributed by atoms with E-state index in [0.29, 0.717) is 5.92 Å². The molecule has 3 aromatic rings. The smallest absolute Gasteiger partial charge is 0.203 e. The van der Waals surface area contributed by atoms with Crippen molar-refractivity contribution >= 4 is 11.5 Å². The largest absolute Gasteiger partial charge is 0.365 e. The number of hydrogen-bond acceptors (Lipinski definition) is 5. The molecule has 4 rings (SSSR count). The maximum Gasteiger partial charge on any atom is 0.203 e. The van der Waals surface area contributed by atoms with Gasteiger partial charge in [-0.2, -0.15) is 0 Å². The fraction of sp³-hybridized carbons (Fsp3) is 0.385. The van der Waals surface area contributed by atoms with Crippen LogP contribution in [0, 0.1) is 0 Å². The highest BCUT2D eigenvalue weighted by atomic mass is 15.3. The van der Waals surface area contributed by atoms with E-state index >= 15 is 0 Å². The molecule has 102 valence electrons. The van der Waals surface area contributed by atoms with Crippen molar-refractivity contribution in [1.29, 1.82) is 0 Å². The zero-order valence-corrected chi connectivity index (χ0v) is 11.0. The summed E-state index contributed by atoms with van der Waals surface area (Å²) in [6.45, 7) is 1.61. The van der Waals surface area contributed by atoms with Gasteiger partial charge in [-0.25, -0.2) is 9.97 Å². The second-order valence-electron chi connectivity index (χ2n) is 5.03. The third-order valence-electron chi connectivity index (χ3n) is 3.52. The van der Waals surface area contributed by atoms with Crippen molar-refractivity contribution in [3.63, 3.8) is 0 Å². The van der Waals surface area contributed by atoms with Crippen LogP contribution in [-0.2, 0) is 6.54 Å². The molecular formula is C13H15N7. The van der Waals surface area contributed by atoms with Crippen LogP contribution >= 0.6 is 0 Å². The molecule has 0 spiro atoms. The van der Waals surface area contributed by atoms with E-state index in [-0.39, 0.29) is 0 Å². The van der Waals surface area contributed by atoms with Crippen molar-refractivity contribution in [1.82, 2.24) is 29.1 Å². The average molecular weight is 269 g/mol. The van der Waals surface area contributed by atoms with E-state index in [1.165, 1.54) is 12.8 Å². The molecule has 3 aromatic heterocycles. The number of aromatic nitrogens is 6. The summed E-state index contributed by atoms with van der Waals surface area (Å²) >= 11 is 0. The first-order valence-corrected chi connectivity index (χ1v) is 6.81. The lowest BCUT2D eigenvalue weighted by molar-refractivity contribution is 0.725. The predicted molar refractivity (Wildman–Crippen MR) is 73.5 cm³/mol. The van der Waals surface area contributed by atoms with Gasteiger partial charge < -0.3 is 9.88 Å². The number of rotatable bonds is 5. The van der Waals surface area contributed by atoms with Gasteiger partial charge in [0.2, 0.25) is 5.65 Å². The molecule has 3 heterocycles. The quantitative estimate of drug-likeness (QED) is 0.756. The molecule has 0 saturated heterocycles. The van der Waals surface area contributed by atoms with Crippen molar-refractivity contribution in [3.8, 4) is 0 Å². The lowest BCUT2D eigenvalue weighted by Gasteiger charge is -2.07. The van der Waals surface area contributed by atoms with Gasteiger partial charge in [0.1, 0.15) is 5.82 Å². The fourth-order valence-electron chi connectivity index (χ4n) is 2.31. The minimum Gasteiger partial charge on any atom is -0.365 e. The van der Waals surface area contributed by atoms with Crippen LogP contribution in [-0.4, -0.2) is 35.7 Å². The highest BCUT2D eigenvalue weighted by Gasteiger charge is 2.29.